The fourth-order valence-corrected chi connectivity index (χ4v) is 2.00. The normalized spacial score (nSPS) is 13.0. The molecule has 0 bridgehead atoms. The number of hydrogen-bond acceptors (Lipinski definition) is 4. The number of unbranched alkanes of at least 4 members (excludes halogenated alkanes) is 1. The molecule has 8 nitrogen and oxygen atoms in total. The van der Waals surface area contributed by atoms with Crippen molar-refractivity contribution in [2.24, 2.45) is 16.8 Å². The highest BCUT2D eigenvalue weighted by Gasteiger charge is 2.22. The Hall–Kier alpha value is -1.99. The van der Waals surface area contributed by atoms with Crippen molar-refractivity contribution < 1.29 is 14.4 Å². The smallest absolute Gasteiger partial charge is 0.315 e. The van der Waals surface area contributed by atoms with Gasteiger partial charge in [-0.05, 0) is 18.8 Å². The fourth-order valence-electron chi connectivity index (χ4n) is 2.00. The molecule has 126 valence electrons. The number of amides is 4. The zero-order valence-corrected chi connectivity index (χ0v) is 13.3. The second-order valence-electron chi connectivity index (χ2n) is 5.26. The molecule has 0 aromatic rings. The lowest BCUT2D eigenvalue weighted by atomic mass is 9.99. The number of nitrogens with two attached hydrogens (primary N) is 1. The van der Waals surface area contributed by atoms with Gasteiger partial charge in [-0.1, -0.05) is 33.1 Å². The highest BCUT2D eigenvalue weighted by molar-refractivity contribution is 5.88. The molecule has 22 heavy (non-hydrogen) atoms. The first-order chi connectivity index (χ1) is 10.4. The quantitative estimate of drug-likeness (QED) is 0.498. The summed E-state index contributed by atoms with van der Waals surface area (Å²) in [6.07, 6.45) is 4.00. The summed E-state index contributed by atoms with van der Waals surface area (Å²) >= 11 is 0. The number of carbonyl (C=O) groups excluding carboxylic acids is 3. The van der Waals surface area contributed by atoms with Gasteiger partial charge in [0.2, 0.25) is 5.91 Å². The van der Waals surface area contributed by atoms with Crippen molar-refractivity contribution in [2.45, 2.75) is 58.4 Å². The highest BCUT2D eigenvalue weighted by Crippen LogP contribution is 2.11. The number of urea groups is 1. The minimum atomic E-state index is -1.12. The number of hydrogen-bond donors (Lipinski definition) is 3. The summed E-state index contributed by atoms with van der Waals surface area (Å²) in [5, 5.41) is 7.32. The van der Waals surface area contributed by atoms with Crippen molar-refractivity contribution in [3.8, 4) is 0 Å². The standard InChI is InChI=1S/C14H26N4O4/c1-3-5-6-10(4-2)9-16-14(21)17-11(13(20)18-22)7-8-12(15)19/h10-11H,3-9H2,1-2H3,(H2,15,19)(H2,16,17,21). The molecule has 8 heteroatoms. The molecule has 0 spiro atoms. The van der Waals surface area contributed by atoms with Crippen LogP contribution in [0.4, 0.5) is 4.79 Å². The summed E-state index contributed by atoms with van der Waals surface area (Å²) in [4.78, 5) is 44.1. The van der Waals surface area contributed by atoms with Crippen LogP contribution < -0.4 is 16.4 Å². The van der Waals surface area contributed by atoms with Crippen LogP contribution in [0.3, 0.4) is 0 Å². The molecule has 0 aromatic carbocycles. The van der Waals surface area contributed by atoms with Crippen LogP contribution in [0.5, 0.6) is 0 Å². The van der Waals surface area contributed by atoms with Crippen LogP contribution in [0.25, 0.3) is 0 Å². The Labute approximate surface area is 130 Å². The van der Waals surface area contributed by atoms with Gasteiger partial charge in [-0.15, -0.1) is 4.91 Å². The molecule has 0 saturated heterocycles. The van der Waals surface area contributed by atoms with Crippen LogP contribution >= 0.6 is 0 Å². The van der Waals surface area contributed by atoms with E-state index in [4.69, 9.17) is 5.73 Å². The molecule has 2 unspecified atom stereocenters. The SMILES string of the molecule is CCCCC(CC)CNC(=O)NC(CCC(N)=O)C(=O)N=O. The van der Waals surface area contributed by atoms with Gasteiger partial charge < -0.3 is 16.4 Å². The van der Waals surface area contributed by atoms with Crippen molar-refractivity contribution in [3.05, 3.63) is 4.91 Å². The predicted octanol–water partition coefficient (Wildman–Crippen LogP) is 1.43. The van der Waals surface area contributed by atoms with Crippen LogP contribution in [0.2, 0.25) is 0 Å². The molecule has 0 saturated carbocycles. The van der Waals surface area contributed by atoms with E-state index in [1.165, 1.54) is 0 Å². The number of nitroso groups, excluding NO2 is 1. The maximum atomic E-state index is 11.8. The third-order valence-corrected chi connectivity index (χ3v) is 3.47. The average molecular weight is 314 g/mol. The van der Waals surface area contributed by atoms with Crippen LogP contribution in [0.15, 0.2) is 5.18 Å². The molecule has 0 aromatic heterocycles. The van der Waals surface area contributed by atoms with Crippen molar-refractivity contribution in [2.75, 3.05) is 6.54 Å². The summed E-state index contributed by atoms with van der Waals surface area (Å²) in [5.41, 5.74) is 4.99. The molecule has 4 N–H and O–H groups in total. The third kappa shape index (κ3) is 9.04. The number of nitrogens with one attached hydrogen (secondary N) is 2. The van der Waals surface area contributed by atoms with Gasteiger partial charge in [-0.25, -0.2) is 4.79 Å². The molecule has 0 fully saturated rings. The topological polar surface area (TPSA) is 131 Å². The first kappa shape index (κ1) is 20.0. The second-order valence-corrected chi connectivity index (χ2v) is 5.26. The molecular weight excluding hydrogens is 288 g/mol. The maximum Gasteiger partial charge on any atom is 0.315 e. The first-order valence-corrected chi connectivity index (χ1v) is 7.64. The molecule has 2 atom stereocenters. The predicted molar refractivity (Wildman–Crippen MR) is 82.9 cm³/mol. The van der Waals surface area contributed by atoms with Gasteiger partial charge in [0.05, 0.1) is 0 Å². The Balaban J connectivity index is 4.33. The number of nitrogens with zero attached hydrogens (tertiary/aromatic N) is 1. The maximum absolute atomic E-state index is 11.8. The molecule has 0 rings (SSSR count). The summed E-state index contributed by atoms with van der Waals surface area (Å²) in [6.45, 7) is 4.65. The molecule has 0 aliphatic rings. The number of rotatable bonds is 11. The van der Waals surface area contributed by atoms with E-state index in [0.29, 0.717) is 12.5 Å². The molecule has 4 amide bonds. The van der Waals surface area contributed by atoms with Gasteiger partial charge in [0.25, 0.3) is 0 Å². The van der Waals surface area contributed by atoms with Crippen LogP contribution in [-0.2, 0) is 9.59 Å². The van der Waals surface area contributed by atoms with Gasteiger partial charge in [0, 0.05) is 18.1 Å². The highest BCUT2D eigenvalue weighted by atomic mass is 16.3. The van der Waals surface area contributed by atoms with Gasteiger partial charge in [0.1, 0.15) is 6.04 Å². The van der Waals surface area contributed by atoms with E-state index in [1.54, 1.807) is 0 Å². The van der Waals surface area contributed by atoms with Crippen LogP contribution in [0, 0.1) is 10.8 Å². The lowest BCUT2D eigenvalue weighted by molar-refractivity contribution is -0.120. The number of primary amides is 1. The fraction of sp³-hybridized carbons (Fsp3) is 0.786. The van der Waals surface area contributed by atoms with E-state index in [9.17, 15) is 19.3 Å². The largest absolute Gasteiger partial charge is 0.370 e. The monoisotopic (exact) mass is 314 g/mol. The van der Waals surface area contributed by atoms with Crippen molar-refractivity contribution in [3.63, 3.8) is 0 Å². The third-order valence-electron chi connectivity index (χ3n) is 3.47. The van der Waals surface area contributed by atoms with E-state index in [-0.39, 0.29) is 12.8 Å². The lowest BCUT2D eigenvalue weighted by Crippen LogP contribution is -2.47. The minimum absolute atomic E-state index is 0.0413. The molecular formula is C14H26N4O4. The van der Waals surface area contributed by atoms with Crippen molar-refractivity contribution >= 4 is 17.8 Å². The Bertz CT molecular complexity index is 387. The first-order valence-electron chi connectivity index (χ1n) is 7.64. The molecule has 0 aliphatic carbocycles. The van der Waals surface area contributed by atoms with Crippen LogP contribution in [-0.4, -0.2) is 30.4 Å². The van der Waals surface area contributed by atoms with Crippen molar-refractivity contribution in [1.29, 1.82) is 0 Å². The van der Waals surface area contributed by atoms with E-state index in [0.717, 1.165) is 25.7 Å². The summed E-state index contributed by atoms with van der Waals surface area (Å²) in [5.74, 6) is -1.26. The van der Waals surface area contributed by atoms with E-state index in [1.807, 2.05) is 0 Å². The molecule has 0 aliphatic heterocycles. The summed E-state index contributed by atoms with van der Waals surface area (Å²) in [6, 6.07) is -1.68. The van der Waals surface area contributed by atoms with E-state index in [2.05, 4.69) is 29.7 Å². The number of carbonyl (C=O) groups is 3. The van der Waals surface area contributed by atoms with Gasteiger partial charge in [-0.3, -0.25) is 9.59 Å². The Kier molecular flexibility index (Phi) is 10.6. The Morgan fingerprint density at radius 2 is 1.86 bits per heavy atom. The van der Waals surface area contributed by atoms with Gasteiger partial charge in [-0.2, -0.15) is 0 Å². The van der Waals surface area contributed by atoms with Gasteiger partial charge in [0.15, 0.2) is 0 Å². The average Bonchev–Trinajstić information content (AvgIpc) is 2.50. The van der Waals surface area contributed by atoms with Gasteiger partial charge >= 0.3 is 11.9 Å². The Morgan fingerprint density at radius 1 is 1.18 bits per heavy atom. The second kappa shape index (κ2) is 11.6. The van der Waals surface area contributed by atoms with E-state index >= 15 is 0 Å². The zero-order valence-electron chi connectivity index (χ0n) is 13.3. The Morgan fingerprint density at radius 3 is 2.36 bits per heavy atom. The van der Waals surface area contributed by atoms with Crippen molar-refractivity contribution in [1.82, 2.24) is 10.6 Å². The zero-order chi connectivity index (χ0) is 17.0. The molecule has 0 radical (unpaired) electrons. The van der Waals surface area contributed by atoms with E-state index < -0.39 is 23.9 Å². The van der Waals surface area contributed by atoms with Crippen LogP contribution in [0.1, 0.15) is 52.4 Å². The lowest BCUT2D eigenvalue weighted by Gasteiger charge is -2.18. The summed E-state index contributed by atoms with van der Waals surface area (Å²) in [7, 11) is 0. The minimum Gasteiger partial charge on any atom is -0.370 e. The molecule has 0 heterocycles. The summed E-state index contributed by atoms with van der Waals surface area (Å²) < 4.78 is 0.